The Morgan fingerprint density at radius 1 is 0.968 bits per heavy atom. The number of carbonyl (C=O) groups excluding carboxylic acids is 2. The SMILES string of the molecule is CCCCOc1ccccc1NCC(=O)Nc1ccc(C(=O)N2CCCCCC2)cc1. The molecule has 6 heteroatoms. The van der Waals surface area contributed by atoms with E-state index in [2.05, 4.69) is 17.6 Å². The largest absolute Gasteiger partial charge is 0.491 e. The van der Waals surface area contributed by atoms with Gasteiger partial charge in [0.15, 0.2) is 0 Å². The Bertz CT molecular complexity index is 843. The summed E-state index contributed by atoms with van der Waals surface area (Å²) in [5, 5.41) is 6.01. The maximum Gasteiger partial charge on any atom is 0.253 e. The molecule has 1 heterocycles. The van der Waals surface area contributed by atoms with E-state index in [1.54, 1.807) is 24.3 Å². The number of unbranched alkanes of at least 4 members (excludes halogenated alkanes) is 1. The molecule has 3 rings (SSSR count). The second-order valence-corrected chi connectivity index (χ2v) is 7.88. The lowest BCUT2D eigenvalue weighted by Crippen LogP contribution is -2.31. The Kier molecular flexibility index (Phi) is 8.76. The monoisotopic (exact) mass is 423 g/mol. The second-order valence-electron chi connectivity index (χ2n) is 7.88. The molecule has 2 aromatic carbocycles. The van der Waals surface area contributed by atoms with Gasteiger partial charge in [0.1, 0.15) is 5.75 Å². The van der Waals surface area contributed by atoms with Crippen LogP contribution in [0, 0.1) is 0 Å². The van der Waals surface area contributed by atoms with E-state index in [1.807, 2.05) is 29.2 Å². The van der Waals surface area contributed by atoms with Gasteiger partial charge in [0.05, 0.1) is 18.8 Å². The summed E-state index contributed by atoms with van der Waals surface area (Å²) in [6.45, 7) is 4.56. The highest BCUT2D eigenvalue weighted by atomic mass is 16.5. The Balaban J connectivity index is 1.50. The number of ether oxygens (including phenoxy) is 1. The highest BCUT2D eigenvalue weighted by Crippen LogP contribution is 2.24. The molecule has 2 N–H and O–H groups in total. The third-order valence-corrected chi connectivity index (χ3v) is 5.39. The van der Waals surface area contributed by atoms with Crippen LogP contribution in [0.3, 0.4) is 0 Å². The third-order valence-electron chi connectivity index (χ3n) is 5.39. The summed E-state index contributed by atoms with van der Waals surface area (Å²) in [7, 11) is 0. The minimum absolute atomic E-state index is 0.0705. The van der Waals surface area contributed by atoms with Crippen molar-refractivity contribution < 1.29 is 14.3 Å². The number of amides is 2. The van der Waals surface area contributed by atoms with E-state index in [4.69, 9.17) is 4.74 Å². The minimum Gasteiger partial charge on any atom is -0.491 e. The van der Waals surface area contributed by atoms with Gasteiger partial charge in [-0.15, -0.1) is 0 Å². The summed E-state index contributed by atoms with van der Waals surface area (Å²) in [4.78, 5) is 27.0. The number of nitrogens with one attached hydrogen (secondary N) is 2. The van der Waals surface area contributed by atoms with Crippen molar-refractivity contribution in [2.75, 3.05) is 36.9 Å². The van der Waals surface area contributed by atoms with E-state index in [0.717, 1.165) is 50.2 Å². The van der Waals surface area contributed by atoms with Crippen molar-refractivity contribution in [3.63, 3.8) is 0 Å². The summed E-state index contributed by atoms with van der Waals surface area (Å²) in [6.07, 6.45) is 6.58. The van der Waals surface area contributed by atoms with Crippen LogP contribution in [-0.2, 0) is 4.79 Å². The van der Waals surface area contributed by atoms with E-state index in [0.29, 0.717) is 17.9 Å². The fraction of sp³-hybridized carbons (Fsp3) is 0.440. The number of rotatable bonds is 9. The van der Waals surface area contributed by atoms with Crippen molar-refractivity contribution in [3.8, 4) is 5.75 Å². The summed E-state index contributed by atoms with van der Waals surface area (Å²) in [5.74, 6) is 0.663. The average Bonchev–Trinajstić information content (AvgIpc) is 3.08. The molecule has 0 spiro atoms. The van der Waals surface area contributed by atoms with Gasteiger partial charge in [0, 0.05) is 24.3 Å². The third kappa shape index (κ3) is 7.02. The smallest absolute Gasteiger partial charge is 0.253 e. The highest BCUT2D eigenvalue weighted by Gasteiger charge is 2.17. The first-order chi connectivity index (χ1) is 15.2. The molecular weight excluding hydrogens is 390 g/mol. The highest BCUT2D eigenvalue weighted by molar-refractivity contribution is 5.96. The van der Waals surface area contributed by atoms with Crippen molar-refractivity contribution in [2.45, 2.75) is 45.4 Å². The van der Waals surface area contributed by atoms with Gasteiger partial charge >= 0.3 is 0 Å². The van der Waals surface area contributed by atoms with Gasteiger partial charge in [-0.2, -0.15) is 0 Å². The number of likely N-dealkylation sites (tertiary alicyclic amines) is 1. The summed E-state index contributed by atoms with van der Waals surface area (Å²) in [5.41, 5.74) is 2.13. The van der Waals surface area contributed by atoms with Crippen LogP contribution >= 0.6 is 0 Å². The molecule has 0 unspecified atom stereocenters. The van der Waals surface area contributed by atoms with Crippen molar-refractivity contribution in [3.05, 3.63) is 54.1 Å². The molecule has 1 fully saturated rings. The zero-order chi connectivity index (χ0) is 21.9. The Morgan fingerprint density at radius 2 is 1.68 bits per heavy atom. The molecule has 0 radical (unpaired) electrons. The molecule has 1 aliphatic rings. The van der Waals surface area contributed by atoms with Gasteiger partial charge < -0.3 is 20.3 Å². The van der Waals surface area contributed by atoms with Crippen LogP contribution in [0.1, 0.15) is 55.8 Å². The molecule has 6 nitrogen and oxygen atoms in total. The van der Waals surface area contributed by atoms with Gasteiger partial charge in [-0.1, -0.05) is 38.3 Å². The molecule has 2 aromatic rings. The molecule has 0 aromatic heterocycles. The number of carbonyl (C=O) groups is 2. The maximum atomic E-state index is 12.7. The van der Waals surface area contributed by atoms with Gasteiger partial charge in [-0.25, -0.2) is 0 Å². The first-order valence-electron chi connectivity index (χ1n) is 11.3. The van der Waals surface area contributed by atoms with E-state index in [9.17, 15) is 9.59 Å². The molecule has 0 saturated carbocycles. The number of anilines is 2. The van der Waals surface area contributed by atoms with Crippen LogP contribution < -0.4 is 15.4 Å². The molecular formula is C25H33N3O3. The first-order valence-corrected chi connectivity index (χ1v) is 11.3. The lowest BCUT2D eigenvalue weighted by atomic mass is 10.1. The molecule has 1 saturated heterocycles. The molecule has 31 heavy (non-hydrogen) atoms. The Hall–Kier alpha value is -3.02. The number of nitrogens with zero attached hydrogens (tertiary/aromatic N) is 1. The number of hydrogen-bond acceptors (Lipinski definition) is 4. The van der Waals surface area contributed by atoms with Crippen molar-refractivity contribution in [1.29, 1.82) is 0 Å². The van der Waals surface area contributed by atoms with Crippen molar-refractivity contribution in [2.24, 2.45) is 0 Å². The van der Waals surface area contributed by atoms with Gasteiger partial charge in [-0.05, 0) is 55.7 Å². The van der Waals surface area contributed by atoms with Crippen molar-refractivity contribution in [1.82, 2.24) is 4.90 Å². The Labute approximate surface area is 185 Å². The van der Waals surface area contributed by atoms with Crippen LogP contribution in [-0.4, -0.2) is 43.0 Å². The quantitative estimate of drug-likeness (QED) is 0.561. The van der Waals surface area contributed by atoms with E-state index < -0.39 is 0 Å². The number of hydrogen-bond donors (Lipinski definition) is 2. The number of benzene rings is 2. The lowest BCUT2D eigenvalue weighted by molar-refractivity contribution is -0.114. The van der Waals surface area contributed by atoms with Gasteiger partial charge in [0.25, 0.3) is 5.91 Å². The van der Waals surface area contributed by atoms with Crippen LogP contribution in [0.5, 0.6) is 5.75 Å². The molecule has 0 atom stereocenters. The van der Waals surface area contributed by atoms with Crippen LogP contribution in [0.15, 0.2) is 48.5 Å². The lowest BCUT2D eigenvalue weighted by Gasteiger charge is -2.20. The minimum atomic E-state index is -0.157. The van der Waals surface area contributed by atoms with Gasteiger partial charge in [-0.3, -0.25) is 9.59 Å². The fourth-order valence-electron chi connectivity index (χ4n) is 3.60. The van der Waals surface area contributed by atoms with E-state index in [1.165, 1.54) is 12.8 Å². The first kappa shape index (κ1) is 22.7. The molecule has 2 amide bonds. The van der Waals surface area contributed by atoms with E-state index >= 15 is 0 Å². The number of para-hydroxylation sites is 2. The summed E-state index contributed by atoms with van der Waals surface area (Å²) < 4.78 is 5.79. The topological polar surface area (TPSA) is 70.7 Å². The van der Waals surface area contributed by atoms with Crippen LogP contribution in [0.2, 0.25) is 0 Å². The van der Waals surface area contributed by atoms with Gasteiger partial charge in [0.2, 0.25) is 5.91 Å². The molecule has 0 aliphatic carbocycles. The fourth-order valence-corrected chi connectivity index (χ4v) is 3.60. The molecule has 0 bridgehead atoms. The summed E-state index contributed by atoms with van der Waals surface area (Å²) >= 11 is 0. The normalized spacial score (nSPS) is 13.9. The zero-order valence-electron chi connectivity index (χ0n) is 18.4. The summed E-state index contributed by atoms with van der Waals surface area (Å²) in [6, 6.07) is 14.8. The second kappa shape index (κ2) is 12.0. The van der Waals surface area contributed by atoms with E-state index in [-0.39, 0.29) is 18.4 Å². The average molecular weight is 424 g/mol. The van der Waals surface area contributed by atoms with Crippen LogP contribution in [0.4, 0.5) is 11.4 Å². The van der Waals surface area contributed by atoms with Crippen LogP contribution in [0.25, 0.3) is 0 Å². The predicted octanol–water partition coefficient (Wildman–Crippen LogP) is 4.93. The molecule has 1 aliphatic heterocycles. The maximum absolute atomic E-state index is 12.7. The standard InChI is InChI=1S/C25H33N3O3/c1-2-3-18-31-23-11-7-6-10-22(23)26-19-24(29)27-21-14-12-20(13-15-21)25(30)28-16-8-4-5-9-17-28/h6-7,10-15,26H,2-5,8-9,16-19H2,1H3,(H,27,29). The molecule has 166 valence electrons. The van der Waals surface area contributed by atoms with Crippen molar-refractivity contribution >= 4 is 23.2 Å². The predicted molar refractivity (Wildman–Crippen MR) is 125 cm³/mol. The Morgan fingerprint density at radius 3 is 2.39 bits per heavy atom. The zero-order valence-corrected chi connectivity index (χ0v) is 18.4.